The number of rotatable bonds is 4. The molecule has 0 bridgehead atoms. The molecule has 0 amide bonds. The van der Waals surface area contributed by atoms with Crippen LogP contribution in [-0.4, -0.2) is 9.97 Å². The van der Waals surface area contributed by atoms with Gasteiger partial charge in [0.25, 0.3) is 0 Å². The number of nitrogens with one attached hydrogen (secondary N) is 1. The normalized spacial score (nSPS) is 10.8. The third kappa shape index (κ3) is 2.76. The maximum Gasteiger partial charge on any atom is 0.175 e. The number of H-pyrrole nitrogens is 1. The second kappa shape index (κ2) is 5.47. The summed E-state index contributed by atoms with van der Waals surface area (Å²) in [6.07, 6.45) is 2.29. The van der Waals surface area contributed by atoms with Gasteiger partial charge in [-0.1, -0.05) is 37.6 Å². The average Bonchev–Trinajstić information content (AvgIpc) is 2.72. The molecule has 1 heterocycles. The molecular weight excluding hydrogens is 278 g/mol. The van der Waals surface area contributed by atoms with Crippen molar-refractivity contribution >= 4 is 15.9 Å². The van der Waals surface area contributed by atoms with Gasteiger partial charge in [0.05, 0.1) is 11.4 Å². The Morgan fingerprint density at radius 1 is 1.29 bits per heavy atom. The summed E-state index contributed by atoms with van der Waals surface area (Å²) in [6, 6.07) is 8.52. The van der Waals surface area contributed by atoms with Crippen LogP contribution in [0.15, 0.2) is 29.0 Å². The van der Waals surface area contributed by atoms with E-state index >= 15 is 0 Å². The number of imidazole rings is 1. The van der Waals surface area contributed by atoms with Crippen LogP contribution in [0.3, 0.4) is 0 Å². The number of halogens is 1. The molecule has 90 valence electrons. The lowest BCUT2D eigenvalue weighted by molar-refractivity contribution is 0.922. The molecule has 0 spiro atoms. The zero-order chi connectivity index (χ0) is 12.3. The molecule has 3 nitrogen and oxygen atoms in total. The first-order valence-electron chi connectivity index (χ1n) is 5.78. The van der Waals surface area contributed by atoms with Crippen LogP contribution in [0.1, 0.15) is 24.6 Å². The van der Waals surface area contributed by atoms with Gasteiger partial charge in [0.15, 0.2) is 4.73 Å². The van der Waals surface area contributed by atoms with E-state index in [1.807, 2.05) is 0 Å². The maximum atomic E-state index is 5.69. The first kappa shape index (κ1) is 12.3. The molecule has 3 N–H and O–H groups in total. The predicted octanol–water partition coefficient (Wildman–Crippen LogP) is 3.25. The molecule has 17 heavy (non-hydrogen) atoms. The number of aryl methyl sites for hydroxylation is 1. The van der Waals surface area contributed by atoms with E-state index in [4.69, 9.17) is 5.73 Å². The van der Waals surface area contributed by atoms with Crippen molar-refractivity contribution in [3.05, 3.63) is 40.3 Å². The lowest BCUT2D eigenvalue weighted by Gasteiger charge is -2.02. The van der Waals surface area contributed by atoms with E-state index in [2.05, 4.69) is 57.1 Å². The summed E-state index contributed by atoms with van der Waals surface area (Å²) in [4.78, 5) is 7.52. The standard InChI is InChI=1S/C13H16BrN3/c1-2-3-9-4-6-10(7-5-9)12-11(8-15)16-13(14)17-12/h4-7H,2-3,8,15H2,1H3,(H,16,17). The second-order valence-corrected chi connectivity index (χ2v) is 4.76. The van der Waals surface area contributed by atoms with Crippen molar-refractivity contribution in [3.8, 4) is 11.3 Å². The number of aromatic amines is 1. The highest BCUT2D eigenvalue weighted by atomic mass is 79.9. The summed E-state index contributed by atoms with van der Waals surface area (Å²) in [5.74, 6) is 0. The van der Waals surface area contributed by atoms with E-state index < -0.39 is 0 Å². The second-order valence-electron chi connectivity index (χ2n) is 4.01. The van der Waals surface area contributed by atoms with Gasteiger partial charge in [0.1, 0.15) is 0 Å². The molecule has 1 aromatic carbocycles. The fourth-order valence-corrected chi connectivity index (χ4v) is 2.30. The molecule has 2 aromatic rings. The van der Waals surface area contributed by atoms with Crippen LogP contribution in [-0.2, 0) is 13.0 Å². The molecule has 0 atom stereocenters. The topological polar surface area (TPSA) is 54.7 Å². The monoisotopic (exact) mass is 293 g/mol. The van der Waals surface area contributed by atoms with Gasteiger partial charge in [0, 0.05) is 12.1 Å². The first-order valence-corrected chi connectivity index (χ1v) is 6.57. The number of hydrogen-bond acceptors (Lipinski definition) is 2. The van der Waals surface area contributed by atoms with Crippen LogP contribution >= 0.6 is 15.9 Å². The number of nitrogens with zero attached hydrogens (tertiary/aromatic N) is 1. The minimum Gasteiger partial charge on any atom is -0.335 e. The molecule has 4 heteroatoms. The molecule has 0 radical (unpaired) electrons. The molecule has 0 fully saturated rings. The Kier molecular flexibility index (Phi) is 3.97. The van der Waals surface area contributed by atoms with E-state index in [-0.39, 0.29) is 0 Å². The van der Waals surface area contributed by atoms with Gasteiger partial charge in [-0.2, -0.15) is 0 Å². The van der Waals surface area contributed by atoms with Crippen molar-refractivity contribution in [2.24, 2.45) is 5.73 Å². The highest BCUT2D eigenvalue weighted by molar-refractivity contribution is 9.10. The third-order valence-electron chi connectivity index (χ3n) is 2.72. The molecule has 0 saturated carbocycles. The zero-order valence-corrected chi connectivity index (χ0v) is 11.4. The Bertz CT molecular complexity index is 488. The molecule has 0 unspecified atom stereocenters. The molecular formula is C13H16BrN3. The number of nitrogens with two attached hydrogens (primary N) is 1. The number of hydrogen-bond donors (Lipinski definition) is 2. The highest BCUT2D eigenvalue weighted by Gasteiger charge is 2.09. The summed E-state index contributed by atoms with van der Waals surface area (Å²) in [6.45, 7) is 2.65. The van der Waals surface area contributed by atoms with E-state index in [1.165, 1.54) is 12.0 Å². The SMILES string of the molecule is CCCc1ccc(-c2nc(Br)[nH]c2CN)cc1. The smallest absolute Gasteiger partial charge is 0.175 e. The molecule has 2 rings (SSSR count). The van der Waals surface area contributed by atoms with E-state index in [1.54, 1.807) is 0 Å². The number of benzene rings is 1. The van der Waals surface area contributed by atoms with Gasteiger partial charge in [-0.3, -0.25) is 0 Å². The van der Waals surface area contributed by atoms with E-state index in [0.29, 0.717) is 6.54 Å². The zero-order valence-electron chi connectivity index (χ0n) is 9.83. The van der Waals surface area contributed by atoms with Crippen molar-refractivity contribution in [1.29, 1.82) is 0 Å². The Morgan fingerprint density at radius 2 is 2.00 bits per heavy atom. The fourth-order valence-electron chi connectivity index (χ4n) is 1.88. The Morgan fingerprint density at radius 3 is 2.59 bits per heavy atom. The minimum absolute atomic E-state index is 0.463. The quantitative estimate of drug-likeness (QED) is 0.909. The van der Waals surface area contributed by atoms with Crippen molar-refractivity contribution in [1.82, 2.24) is 9.97 Å². The summed E-state index contributed by atoms with van der Waals surface area (Å²) < 4.78 is 0.727. The van der Waals surface area contributed by atoms with Crippen LogP contribution in [0.25, 0.3) is 11.3 Å². The van der Waals surface area contributed by atoms with Gasteiger partial charge < -0.3 is 10.7 Å². The van der Waals surface area contributed by atoms with Gasteiger partial charge in [0.2, 0.25) is 0 Å². The van der Waals surface area contributed by atoms with Crippen molar-refractivity contribution in [3.63, 3.8) is 0 Å². The van der Waals surface area contributed by atoms with Gasteiger partial charge in [-0.05, 0) is 27.9 Å². The third-order valence-corrected chi connectivity index (χ3v) is 3.10. The number of aromatic nitrogens is 2. The summed E-state index contributed by atoms with van der Waals surface area (Å²) in [5, 5.41) is 0. The molecule has 1 aromatic heterocycles. The van der Waals surface area contributed by atoms with Crippen molar-refractivity contribution in [2.75, 3.05) is 0 Å². The first-order chi connectivity index (χ1) is 8.24. The minimum atomic E-state index is 0.463. The van der Waals surface area contributed by atoms with E-state index in [9.17, 15) is 0 Å². The van der Waals surface area contributed by atoms with Crippen LogP contribution in [0, 0.1) is 0 Å². The van der Waals surface area contributed by atoms with Gasteiger partial charge >= 0.3 is 0 Å². The lowest BCUT2D eigenvalue weighted by atomic mass is 10.1. The lowest BCUT2D eigenvalue weighted by Crippen LogP contribution is -1.98. The Labute approximate surface area is 110 Å². The van der Waals surface area contributed by atoms with Gasteiger partial charge in [-0.15, -0.1) is 0 Å². The maximum absolute atomic E-state index is 5.69. The van der Waals surface area contributed by atoms with Crippen LogP contribution in [0.2, 0.25) is 0 Å². The van der Waals surface area contributed by atoms with Crippen molar-refractivity contribution in [2.45, 2.75) is 26.3 Å². The summed E-state index contributed by atoms with van der Waals surface area (Å²) in [7, 11) is 0. The largest absolute Gasteiger partial charge is 0.335 e. The predicted molar refractivity (Wildman–Crippen MR) is 73.6 cm³/mol. The van der Waals surface area contributed by atoms with E-state index in [0.717, 1.165) is 28.1 Å². The Balaban J connectivity index is 2.32. The summed E-state index contributed by atoms with van der Waals surface area (Å²) in [5.41, 5.74) is 10.0. The summed E-state index contributed by atoms with van der Waals surface area (Å²) >= 11 is 3.34. The van der Waals surface area contributed by atoms with Crippen LogP contribution < -0.4 is 5.73 Å². The molecule has 0 aliphatic carbocycles. The van der Waals surface area contributed by atoms with Crippen LogP contribution in [0.5, 0.6) is 0 Å². The average molecular weight is 294 g/mol. The Hall–Kier alpha value is -1.13. The molecule has 0 saturated heterocycles. The van der Waals surface area contributed by atoms with Gasteiger partial charge in [-0.25, -0.2) is 4.98 Å². The molecule has 0 aliphatic heterocycles. The van der Waals surface area contributed by atoms with Crippen LogP contribution in [0.4, 0.5) is 0 Å². The fraction of sp³-hybridized carbons (Fsp3) is 0.308. The highest BCUT2D eigenvalue weighted by Crippen LogP contribution is 2.23. The van der Waals surface area contributed by atoms with Crippen molar-refractivity contribution < 1.29 is 0 Å². The molecule has 0 aliphatic rings.